The highest BCUT2D eigenvalue weighted by atomic mass is 16.6. The van der Waals surface area contributed by atoms with Gasteiger partial charge in [-0.05, 0) is 25.8 Å². The Morgan fingerprint density at radius 3 is 2.48 bits per heavy atom. The van der Waals surface area contributed by atoms with Crippen LogP contribution in [0.5, 0.6) is 0 Å². The van der Waals surface area contributed by atoms with Gasteiger partial charge in [0.2, 0.25) is 0 Å². The van der Waals surface area contributed by atoms with Gasteiger partial charge in [-0.2, -0.15) is 0 Å². The number of carboxylic acids is 2. The van der Waals surface area contributed by atoms with Crippen molar-refractivity contribution in [3.05, 3.63) is 51.2 Å². The molecule has 0 fully saturated rings. The standard InChI is InChI=1S/C17H20N2O6/c1-4-17(16(22)23)10(3)18-9(2)13(15(20)21)14(17)11-6-5-7-12(8-11)19(24)25/h5-8,10,14,18H,4H2,1-3H3,(H,20,21)(H,22,23). The van der Waals surface area contributed by atoms with Gasteiger partial charge in [0.25, 0.3) is 5.69 Å². The third-order valence-corrected chi connectivity index (χ3v) is 5.04. The Labute approximate surface area is 144 Å². The normalized spacial score (nSPS) is 26.0. The lowest BCUT2D eigenvalue weighted by Gasteiger charge is -2.46. The first-order chi connectivity index (χ1) is 11.7. The smallest absolute Gasteiger partial charge is 0.333 e. The van der Waals surface area contributed by atoms with Gasteiger partial charge in [0.15, 0.2) is 0 Å². The molecule has 0 saturated heterocycles. The van der Waals surface area contributed by atoms with Gasteiger partial charge in [0.05, 0.1) is 15.9 Å². The molecular formula is C17H20N2O6. The maximum Gasteiger partial charge on any atom is 0.333 e. The number of allylic oxidation sites excluding steroid dienone is 1. The zero-order chi connectivity index (χ0) is 18.9. The van der Waals surface area contributed by atoms with Crippen LogP contribution in [0.25, 0.3) is 0 Å². The van der Waals surface area contributed by atoms with Crippen LogP contribution < -0.4 is 5.32 Å². The molecular weight excluding hydrogens is 328 g/mol. The molecule has 1 aliphatic rings. The maximum atomic E-state index is 12.2. The first-order valence-electron chi connectivity index (χ1n) is 7.85. The van der Waals surface area contributed by atoms with Crippen molar-refractivity contribution in [2.45, 2.75) is 39.2 Å². The van der Waals surface area contributed by atoms with Crippen molar-refractivity contribution in [3.63, 3.8) is 0 Å². The Hall–Kier alpha value is -2.90. The highest BCUT2D eigenvalue weighted by Crippen LogP contribution is 2.50. The summed E-state index contributed by atoms with van der Waals surface area (Å²) in [6, 6.07) is 4.98. The molecule has 2 rings (SSSR count). The number of nitrogens with zero attached hydrogens (tertiary/aromatic N) is 1. The summed E-state index contributed by atoms with van der Waals surface area (Å²) in [7, 11) is 0. The third-order valence-electron chi connectivity index (χ3n) is 5.04. The van der Waals surface area contributed by atoms with Crippen LogP contribution in [0.2, 0.25) is 0 Å². The van der Waals surface area contributed by atoms with E-state index in [0.717, 1.165) is 0 Å². The number of hydrogen-bond acceptors (Lipinski definition) is 5. The second kappa shape index (κ2) is 6.54. The molecule has 3 unspecified atom stereocenters. The van der Waals surface area contributed by atoms with E-state index >= 15 is 0 Å². The number of hydrogen-bond donors (Lipinski definition) is 3. The van der Waals surface area contributed by atoms with Gasteiger partial charge in [0.1, 0.15) is 0 Å². The fraction of sp³-hybridized carbons (Fsp3) is 0.412. The zero-order valence-corrected chi connectivity index (χ0v) is 14.1. The van der Waals surface area contributed by atoms with Crippen molar-refractivity contribution in [2.75, 3.05) is 0 Å². The fourth-order valence-electron chi connectivity index (χ4n) is 3.79. The third kappa shape index (κ3) is 2.84. The summed E-state index contributed by atoms with van der Waals surface area (Å²) in [4.78, 5) is 34.6. The average molecular weight is 348 g/mol. The summed E-state index contributed by atoms with van der Waals surface area (Å²) in [5, 5.41) is 33.7. The summed E-state index contributed by atoms with van der Waals surface area (Å²) in [5.41, 5.74) is -1.06. The van der Waals surface area contributed by atoms with E-state index in [1.807, 2.05) is 0 Å². The molecule has 0 aliphatic carbocycles. The Morgan fingerprint density at radius 2 is 2.00 bits per heavy atom. The first-order valence-corrected chi connectivity index (χ1v) is 7.85. The molecule has 1 aromatic carbocycles. The van der Waals surface area contributed by atoms with Crippen LogP contribution in [0.4, 0.5) is 5.69 Å². The van der Waals surface area contributed by atoms with E-state index in [4.69, 9.17) is 0 Å². The van der Waals surface area contributed by atoms with Gasteiger partial charge in [-0.1, -0.05) is 19.1 Å². The van der Waals surface area contributed by atoms with E-state index in [1.54, 1.807) is 26.8 Å². The number of rotatable bonds is 5. The lowest BCUT2D eigenvalue weighted by molar-refractivity contribution is -0.384. The highest BCUT2D eigenvalue weighted by Gasteiger charge is 2.55. The molecule has 0 aromatic heterocycles. The minimum Gasteiger partial charge on any atom is -0.481 e. The molecule has 25 heavy (non-hydrogen) atoms. The van der Waals surface area contributed by atoms with Crippen molar-refractivity contribution in [2.24, 2.45) is 5.41 Å². The number of nitro groups is 1. The summed E-state index contributed by atoms with van der Waals surface area (Å²) in [5.74, 6) is -3.39. The molecule has 1 aromatic rings. The molecule has 0 spiro atoms. The van der Waals surface area contributed by atoms with Crippen LogP contribution in [0.1, 0.15) is 38.7 Å². The SMILES string of the molecule is CCC1(C(=O)O)C(C)NC(C)=C(C(=O)O)C1c1cccc([N+](=O)[O-])c1. The van der Waals surface area contributed by atoms with Crippen LogP contribution >= 0.6 is 0 Å². The number of carboxylic acid groups (broad SMARTS) is 2. The van der Waals surface area contributed by atoms with Crippen LogP contribution in [-0.2, 0) is 9.59 Å². The lowest BCUT2D eigenvalue weighted by atomic mass is 9.61. The summed E-state index contributed by atoms with van der Waals surface area (Å²) < 4.78 is 0. The van der Waals surface area contributed by atoms with Gasteiger partial charge < -0.3 is 15.5 Å². The monoisotopic (exact) mass is 348 g/mol. The topological polar surface area (TPSA) is 130 Å². The van der Waals surface area contributed by atoms with Gasteiger partial charge in [-0.3, -0.25) is 14.9 Å². The van der Waals surface area contributed by atoms with Crippen LogP contribution in [0.3, 0.4) is 0 Å². The van der Waals surface area contributed by atoms with E-state index in [-0.39, 0.29) is 17.7 Å². The molecule has 0 amide bonds. The molecule has 8 heteroatoms. The summed E-state index contributed by atoms with van der Waals surface area (Å²) in [6.45, 7) is 4.94. The first kappa shape index (κ1) is 18.4. The van der Waals surface area contributed by atoms with Crippen LogP contribution in [-0.4, -0.2) is 33.1 Å². The molecule has 0 saturated carbocycles. The Kier molecular flexibility index (Phi) is 4.82. The molecule has 1 aliphatic heterocycles. The van der Waals surface area contributed by atoms with Crippen molar-refractivity contribution in [3.8, 4) is 0 Å². The minimum atomic E-state index is -1.44. The van der Waals surface area contributed by atoms with E-state index in [0.29, 0.717) is 11.3 Å². The quantitative estimate of drug-likeness (QED) is 0.550. The number of aliphatic carboxylic acids is 2. The number of non-ortho nitro benzene ring substituents is 1. The molecule has 3 atom stereocenters. The molecule has 0 radical (unpaired) electrons. The predicted octanol–water partition coefficient (Wildman–Crippen LogP) is 2.51. The van der Waals surface area contributed by atoms with E-state index < -0.39 is 34.2 Å². The Bertz CT molecular complexity index is 772. The number of benzene rings is 1. The van der Waals surface area contributed by atoms with Gasteiger partial charge in [-0.15, -0.1) is 0 Å². The fourth-order valence-corrected chi connectivity index (χ4v) is 3.79. The van der Waals surface area contributed by atoms with Crippen LogP contribution in [0.15, 0.2) is 35.5 Å². The zero-order valence-electron chi connectivity index (χ0n) is 14.1. The number of nitrogens with one attached hydrogen (secondary N) is 1. The van der Waals surface area contributed by atoms with Crippen LogP contribution in [0, 0.1) is 15.5 Å². The largest absolute Gasteiger partial charge is 0.481 e. The maximum absolute atomic E-state index is 12.2. The van der Waals surface area contributed by atoms with Crippen molar-refractivity contribution in [1.82, 2.24) is 5.32 Å². The second-order valence-corrected chi connectivity index (χ2v) is 6.19. The Morgan fingerprint density at radius 1 is 1.36 bits per heavy atom. The number of nitro benzene ring substituents is 1. The summed E-state index contributed by atoms with van der Waals surface area (Å²) >= 11 is 0. The van der Waals surface area contributed by atoms with Gasteiger partial charge >= 0.3 is 11.9 Å². The average Bonchev–Trinajstić information content (AvgIpc) is 2.53. The second-order valence-electron chi connectivity index (χ2n) is 6.19. The predicted molar refractivity (Wildman–Crippen MR) is 89.1 cm³/mol. The molecule has 8 nitrogen and oxygen atoms in total. The van der Waals surface area contributed by atoms with Gasteiger partial charge in [-0.25, -0.2) is 4.79 Å². The highest BCUT2D eigenvalue weighted by molar-refractivity contribution is 5.93. The minimum absolute atomic E-state index is 0.0807. The molecule has 0 bridgehead atoms. The van der Waals surface area contributed by atoms with E-state index in [2.05, 4.69) is 5.32 Å². The van der Waals surface area contributed by atoms with E-state index in [1.165, 1.54) is 18.2 Å². The van der Waals surface area contributed by atoms with E-state index in [9.17, 15) is 29.9 Å². The number of carbonyl (C=O) groups is 2. The molecule has 3 N–H and O–H groups in total. The van der Waals surface area contributed by atoms with Crippen molar-refractivity contribution in [1.29, 1.82) is 0 Å². The molecule has 134 valence electrons. The Balaban J connectivity index is 2.82. The lowest BCUT2D eigenvalue weighted by Crippen LogP contribution is -2.56. The van der Waals surface area contributed by atoms with Crippen molar-refractivity contribution < 1.29 is 24.7 Å². The van der Waals surface area contributed by atoms with Gasteiger partial charge in [0, 0.05) is 29.8 Å². The molecule has 1 heterocycles. The van der Waals surface area contributed by atoms with Crippen molar-refractivity contribution >= 4 is 17.6 Å². The summed E-state index contributed by atoms with van der Waals surface area (Å²) in [6.07, 6.45) is 0.161.